The van der Waals surface area contributed by atoms with E-state index in [9.17, 15) is 0 Å². The molecule has 0 amide bonds. The van der Waals surface area contributed by atoms with Crippen molar-refractivity contribution in [3.8, 4) is 11.1 Å². The first-order valence-electron chi connectivity index (χ1n) is 14.5. The molecule has 7 rings (SSSR count). The van der Waals surface area contributed by atoms with Crippen LogP contribution in [0.2, 0.25) is 5.02 Å². The van der Waals surface area contributed by atoms with Gasteiger partial charge in [-0.05, 0) is 69.0 Å². The highest BCUT2D eigenvalue weighted by Crippen LogP contribution is 2.39. The summed E-state index contributed by atoms with van der Waals surface area (Å²) in [4.78, 5) is 22.2. The third-order valence-corrected chi connectivity index (χ3v) is 9.32. The number of aromatic amines is 1. The second kappa shape index (κ2) is 10.6. The van der Waals surface area contributed by atoms with Crippen molar-refractivity contribution in [2.45, 2.75) is 44.7 Å². The van der Waals surface area contributed by atoms with Gasteiger partial charge in [0.1, 0.15) is 23.3 Å². The van der Waals surface area contributed by atoms with E-state index in [1.807, 2.05) is 19.1 Å². The highest BCUT2D eigenvalue weighted by Gasteiger charge is 2.30. The highest BCUT2D eigenvalue weighted by atomic mass is 35.5. The van der Waals surface area contributed by atoms with E-state index in [2.05, 4.69) is 72.1 Å². The Balaban J connectivity index is 1.13. The number of aromatic nitrogens is 5. The van der Waals surface area contributed by atoms with Gasteiger partial charge >= 0.3 is 0 Å². The van der Waals surface area contributed by atoms with Gasteiger partial charge in [-0.3, -0.25) is 4.90 Å². The van der Waals surface area contributed by atoms with Gasteiger partial charge in [0.15, 0.2) is 0 Å². The van der Waals surface area contributed by atoms with Crippen LogP contribution in [0, 0.1) is 6.92 Å². The predicted octanol–water partition coefficient (Wildman–Crippen LogP) is 5.99. The maximum absolute atomic E-state index is 6.45. The fourth-order valence-corrected chi connectivity index (χ4v) is 6.81. The van der Waals surface area contributed by atoms with Crippen LogP contribution in [0.5, 0.6) is 0 Å². The number of rotatable bonds is 5. The number of hydrogen-bond donors (Lipinski definition) is 3. The first kappa shape index (κ1) is 26.3. The zero-order chi connectivity index (χ0) is 28.1. The van der Waals surface area contributed by atoms with Crippen molar-refractivity contribution >= 4 is 51.1 Å². The van der Waals surface area contributed by atoms with Gasteiger partial charge in [-0.2, -0.15) is 0 Å². The number of nitrogens with two attached hydrogens (primary N) is 1. The average molecular weight is 570 g/mol. The number of aryl methyl sites for hydroxylation is 1. The molecule has 3 aromatic heterocycles. The fraction of sp³-hybridized carbons (Fsp3) is 0.387. The molecular formula is C31H36ClN9. The van der Waals surface area contributed by atoms with Crippen molar-refractivity contribution in [1.82, 2.24) is 34.3 Å². The van der Waals surface area contributed by atoms with Crippen LogP contribution in [-0.2, 0) is 0 Å². The van der Waals surface area contributed by atoms with Crippen LogP contribution < -0.4 is 11.1 Å². The number of imidazole rings is 1. The zero-order valence-corrected chi connectivity index (χ0v) is 24.3. The first-order chi connectivity index (χ1) is 19.9. The number of H-pyrrole nitrogens is 1. The number of benzene rings is 2. The normalized spacial score (nSPS) is 20.7. The summed E-state index contributed by atoms with van der Waals surface area (Å²) in [5.74, 6) is 1.18. The molecule has 1 aliphatic heterocycles. The molecule has 5 aromatic rings. The third-order valence-electron chi connectivity index (χ3n) is 9.02. The molecule has 2 aromatic carbocycles. The maximum atomic E-state index is 6.45. The number of likely N-dealkylation sites (N-methyl/N-ethyl adjacent to an activating group) is 1. The van der Waals surface area contributed by atoms with Gasteiger partial charge in [0.25, 0.3) is 0 Å². The minimum absolute atomic E-state index is 0.411. The molecule has 41 heavy (non-hydrogen) atoms. The lowest BCUT2D eigenvalue weighted by atomic mass is 9.89. The third kappa shape index (κ3) is 4.92. The van der Waals surface area contributed by atoms with Crippen LogP contribution >= 0.6 is 11.6 Å². The molecule has 0 unspecified atom stereocenters. The monoisotopic (exact) mass is 569 g/mol. The van der Waals surface area contributed by atoms with Crippen molar-refractivity contribution in [3.05, 3.63) is 59.5 Å². The van der Waals surface area contributed by atoms with Crippen molar-refractivity contribution in [2.24, 2.45) is 0 Å². The number of nitrogens with one attached hydrogen (secondary N) is 2. The van der Waals surface area contributed by atoms with Crippen LogP contribution in [0.4, 0.5) is 17.5 Å². The van der Waals surface area contributed by atoms with Crippen LogP contribution in [-0.4, -0.2) is 73.6 Å². The van der Waals surface area contributed by atoms with Gasteiger partial charge in [-0.25, -0.2) is 15.0 Å². The molecule has 1 aliphatic carbocycles. The van der Waals surface area contributed by atoms with Crippen molar-refractivity contribution < 1.29 is 0 Å². The molecule has 0 atom stereocenters. The molecule has 2 aliphatic rings. The van der Waals surface area contributed by atoms with Gasteiger partial charge in [-0.1, -0.05) is 29.8 Å². The lowest BCUT2D eigenvalue weighted by molar-refractivity contribution is 0.0828. The molecule has 1 saturated heterocycles. The summed E-state index contributed by atoms with van der Waals surface area (Å²) < 4.78 is 2.36. The Bertz CT molecular complexity index is 1650. The van der Waals surface area contributed by atoms with E-state index < -0.39 is 0 Å². The first-order valence-corrected chi connectivity index (χ1v) is 14.9. The molecule has 10 heteroatoms. The summed E-state index contributed by atoms with van der Waals surface area (Å²) in [6.07, 6.45) is 8.56. The summed E-state index contributed by atoms with van der Waals surface area (Å²) >= 11 is 6.36. The van der Waals surface area contributed by atoms with E-state index >= 15 is 0 Å². The maximum Gasteiger partial charge on any atom is 0.205 e. The van der Waals surface area contributed by atoms with Crippen molar-refractivity contribution in [1.29, 1.82) is 0 Å². The lowest BCUT2D eigenvalue weighted by Gasteiger charge is -2.41. The molecule has 4 N–H and O–H groups in total. The Kier molecular flexibility index (Phi) is 6.81. The van der Waals surface area contributed by atoms with E-state index in [0.29, 0.717) is 28.9 Å². The molecular weight excluding hydrogens is 534 g/mol. The summed E-state index contributed by atoms with van der Waals surface area (Å²) in [6, 6.07) is 13.3. The summed E-state index contributed by atoms with van der Waals surface area (Å²) in [5.41, 5.74) is 13.3. The molecule has 0 bridgehead atoms. The van der Waals surface area contributed by atoms with Crippen LogP contribution in [0.3, 0.4) is 0 Å². The van der Waals surface area contributed by atoms with Gasteiger partial charge in [0.2, 0.25) is 5.95 Å². The standard InChI is InChI=1S/C31H36ClN9/c1-19-3-12-25(32)28-27(19)37-31(38-28)36-21-6-4-20(5-7-21)24-17-41(30-26(24)29(33)34-18-35-30)23-10-8-22(9-11-23)40-15-13-39(2)14-16-40/h3-7,12,17-18,22-23H,8-11,13-16H2,1-2H3,(H2,33,34,35)(H2,36,37,38)/t22-,23+. The van der Waals surface area contributed by atoms with Gasteiger partial charge < -0.3 is 25.5 Å². The Morgan fingerprint density at radius 1 is 0.951 bits per heavy atom. The molecule has 1 saturated carbocycles. The minimum Gasteiger partial charge on any atom is -0.383 e. The minimum atomic E-state index is 0.411. The van der Waals surface area contributed by atoms with Crippen molar-refractivity contribution in [2.75, 3.05) is 44.3 Å². The van der Waals surface area contributed by atoms with Gasteiger partial charge in [0.05, 0.1) is 15.9 Å². The second-order valence-electron chi connectivity index (χ2n) is 11.6. The van der Waals surface area contributed by atoms with E-state index in [4.69, 9.17) is 22.3 Å². The predicted molar refractivity (Wildman–Crippen MR) is 167 cm³/mol. The zero-order valence-electron chi connectivity index (χ0n) is 23.6. The number of fused-ring (bicyclic) bond motifs is 2. The lowest BCUT2D eigenvalue weighted by Crippen LogP contribution is -2.49. The molecule has 212 valence electrons. The molecule has 2 fully saturated rings. The number of anilines is 3. The quantitative estimate of drug-likeness (QED) is 0.239. The van der Waals surface area contributed by atoms with E-state index in [-0.39, 0.29) is 0 Å². The molecule has 9 nitrogen and oxygen atoms in total. The Labute approximate surface area is 244 Å². The largest absolute Gasteiger partial charge is 0.383 e. The fourth-order valence-electron chi connectivity index (χ4n) is 6.62. The average Bonchev–Trinajstić information content (AvgIpc) is 3.60. The highest BCUT2D eigenvalue weighted by molar-refractivity contribution is 6.35. The van der Waals surface area contributed by atoms with Crippen LogP contribution in [0.15, 0.2) is 48.9 Å². The smallest absolute Gasteiger partial charge is 0.205 e. The molecule has 0 spiro atoms. The summed E-state index contributed by atoms with van der Waals surface area (Å²) in [6.45, 7) is 6.74. The number of halogens is 1. The SMILES string of the molecule is Cc1ccc(Cl)c2nc(Nc3ccc(-c4cn([C@H]5CC[C@@H](N6CCN(C)CC6)CC5)c5ncnc(N)c45)cc3)[nH]c12. The van der Waals surface area contributed by atoms with E-state index in [1.165, 1.54) is 39.0 Å². The Morgan fingerprint density at radius 3 is 2.41 bits per heavy atom. The number of hydrogen-bond acceptors (Lipinski definition) is 7. The number of nitrogens with zero attached hydrogens (tertiary/aromatic N) is 6. The van der Waals surface area contributed by atoms with Crippen LogP contribution in [0.25, 0.3) is 33.2 Å². The Morgan fingerprint density at radius 2 is 1.68 bits per heavy atom. The van der Waals surface area contributed by atoms with Crippen LogP contribution in [0.1, 0.15) is 37.3 Å². The molecule has 0 radical (unpaired) electrons. The van der Waals surface area contributed by atoms with Crippen molar-refractivity contribution in [3.63, 3.8) is 0 Å². The molecule has 4 heterocycles. The van der Waals surface area contributed by atoms with Gasteiger partial charge in [-0.15, -0.1) is 0 Å². The number of nitrogen functional groups attached to an aromatic ring is 1. The van der Waals surface area contributed by atoms with E-state index in [1.54, 1.807) is 6.33 Å². The van der Waals surface area contributed by atoms with E-state index in [0.717, 1.165) is 57.3 Å². The second-order valence-corrected chi connectivity index (χ2v) is 12.0. The summed E-state index contributed by atoms with van der Waals surface area (Å²) in [7, 11) is 2.22. The topological polar surface area (TPSA) is 104 Å². The number of piperazine rings is 1. The summed E-state index contributed by atoms with van der Waals surface area (Å²) in [5, 5.41) is 4.94. The van der Waals surface area contributed by atoms with Gasteiger partial charge in [0, 0.05) is 55.7 Å². The Hall–Kier alpha value is -3.66.